The maximum atomic E-state index is 14.4. The fraction of sp³-hybridized carbons (Fsp3) is 0.304. The number of nitrogens with one attached hydrogen (secondary N) is 2. The molecule has 2 aromatic carbocycles. The molecule has 1 aromatic heterocycles. The molecule has 1 aliphatic carbocycles. The Bertz CT molecular complexity index is 1280. The molecule has 0 fully saturated rings. The lowest BCUT2D eigenvalue weighted by molar-refractivity contribution is 0.102. The van der Waals surface area contributed by atoms with Crippen molar-refractivity contribution < 1.29 is 17.6 Å². The number of hydrogen-bond acceptors (Lipinski definition) is 4. The van der Waals surface area contributed by atoms with E-state index in [1.165, 1.54) is 10.7 Å². The zero-order chi connectivity index (χ0) is 22.9. The second kappa shape index (κ2) is 8.74. The minimum Gasteiger partial charge on any atom is -0.320 e. The molecule has 0 bridgehead atoms. The number of para-hydroxylation sites is 1. The van der Waals surface area contributed by atoms with E-state index in [1.807, 2.05) is 0 Å². The second-order valence-electron chi connectivity index (χ2n) is 7.84. The lowest BCUT2D eigenvalue weighted by Crippen LogP contribution is -2.18. The molecule has 0 unspecified atom stereocenters. The Hall–Kier alpha value is -3.20. The molecule has 0 saturated carbocycles. The van der Waals surface area contributed by atoms with Gasteiger partial charge in [0.05, 0.1) is 11.4 Å². The van der Waals surface area contributed by atoms with Crippen LogP contribution in [-0.4, -0.2) is 29.9 Å². The monoisotopic (exact) mass is 456 g/mol. The van der Waals surface area contributed by atoms with Crippen LogP contribution >= 0.6 is 0 Å². The fourth-order valence-corrected chi connectivity index (χ4v) is 5.19. The van der Waals surface area contributed by atoms with E-state index in [-0.39, 0.29) is 11.4 Å². The van der Waals surface area contributed by atoms with E-state index in [1.54, 1.807) is 50.2 Å². The number of rotatable bonds is 7. The van der Waals surface area contributed by atoms with Crippen molar-refractivity contribution in [2.24, 2.45) is 0 Å². The molecule has 4 rings (SSSR count). The van der Waals surface area contributed by atoms with Gasteiger partial charge in [0.15, 0.2) is 5.69 Å². The number of carbonyl (C=O) groups excluding carboxylic acids is 1. The molecule has 32 heavy (non-hydrogen) atoms. The molecule has 3 aromatic rings. The van der Waals surface area contributed by atoms with E-state index in [0.717, 1.165) is 24.1 Å². The maximum Gasteiger partial charge on any atom is 0.276 e. The van der Waals surface area contributed by atoms with Crippen LogP contribution in [0.25, 0.3) is 5.69 Å². The number of nitrogens with zero attached hydrogens (tertiary/aromatic N) is 2. The fourth-order valence-electron chi connectivity index (χ4n) is 3.99. The number of hydrogen-bond donors (Lipinski definition) is 2. The zero-order valence-electron chi connectivity index (χ0n) is 18.0. The van der Waals surface area contributed by atoms with Gasteiger partial charge in [-0.1, -0.05) is 25.1 Å². The summed E-state index contributed by atoms with van der Waals surface area (Å²) < 4.78 is 42.8. The van der Waals surface area contributed by atoms with Crippen LogP contribution in [0.4, 0.5) is 15.8 Å². The summed E-state index contributed by atoms with van der Waals surface area (Å²) in [6.45, 7) is 3.53. The molecule has 2 N–H and O–H groups in total. The molecule has 0 atom stereocenters. The van der Waals surface area contributed by atoms with E-state index in [4.69, 9.17) is 0 Å². The van der Waals surface area contributed by atoms with Crippen molar-refractivity contribution >= 4 is 27.3 Å². The highest BCUT2D eigenvalue weighted by molar-refractivity contribution is 7.92. The van der Waals surface area contributed by atoms with Gasteiger partial charge >= 0.3 is 0 Å². The number of halogens is 1. The minimum absolute atomic E-state index is 0.0165. The summed E-state index contributed by atoms with van der Waals surface area (Å²) in [7, 11) is -3.46. The topological polar surface area (TPSA) is 93.1 Å². The zero-order valence-corrected chi connectivity index (χ0v) is 18.8. The quantitative estimate of drug-likeness (QED) is 0.557. The lowest BCUT2D eigenvalue weighted by atomic mass is 10.1. The van der Waals surface area contributed by atoms with Crippen molar-refractivity contribution in [1.29, 1.82) is 0 Å². The van der Waals surface area contributed by atoms with Crippen molar-refractivity contribution in [1.82, 2.24) is 9.78 Å². The average molecular weight is 457 g/mol. The molecular weight excluding hydrogens is 431 g/mol. The van der Waals surface area contributed by atoms with Crippen molar-refractivity contribution in [3.05, 3.63) is 70.8 Å². The van der Waals surface area contributed by atoms with Crippen LogP contribution in [0.5, 0.6) is 0 Å². The van der Waals surface area contributed by atoms with Gasteiger partial charge < -0.3 is 5.32 Å². The predicted molar refractivity (Wildman–Crippen MR) is 122 cm³/mol. The van der Waals surface area contributed by atoms with Crippen molar-refractivity contribution in [3.8, 4) is 5.69 Å². The largest absolute Gasteiger partial charge is 0.320 e. The van der Waals surface area contributed by atoms with E-state index < -0.39 is 21.7 Å². The number of amides is 1. The summed E-state index contributed by atoms with van der Waals surface area (Å²) >= 11 is 0. The lowest BCUT2D eigenvalue weighted by Gasteiger charge is -2.14. The first-order chi connectivity index (χ1) is 15.3. The van der Waals surface area contributed by atoms with Crippen molar-refractivity contribution in [3.63, 3.8) is 0 Å². The third kappa shape index (κ3) is 4.25. The van der Waals surface area contributed by atoms with Crippen LogP contribution < -0.4 is 10.0 Å². The Balaban J connectivity index is 1.64. The molecule has 1 aliphatic rings. The van der Waals surface area contributed by atoms with Gasteiger partial charge in [0.1, 0.15) is 11.5 Å². The first kappa shape index (κ1) is 22.0. The van der Waals surface area contributed by atoms with Crippen molar-refractivity contribution in [2.45, 2.75) is 39.5 Å². The summed E-state index contributed by atoms with van der Waals surface area (Å²) in [4.78, 5) is 13.1. The molecule has 9 heteroatoms. The van der Waals surface area contributed by atoms with Crippen LogP contribution in [0.1, 0.15) is 47.1 Å². The van der Waals surface area contributed by atoms with Crippen LogP contribution in [0.2, 0.25) is 0 Å². The van der Waals surface area contributed by atoms with E-state index in [2.05, 4.69) is 15.1 Å². The predicted octanol–water partition coefficient (Wildman–Crippen LogP) is 4.21. The van der Waals surface area contributed by atoms with E-state index in [0.29, 0.717) is 35.5 Å². The number of aromatic nitrogens is 2. The van der Waals surface area contributed by atoms with Gasteiger partial charge in [-0.3, -0.25) is 9.52 Å². The smallest absolute Gasteiger partial charge is 0.276 e. The molecule has 7 nitrogen and oxygen atoms in total. The highest BCUT2D eigenvalue weighted by Gasteiger charge is 2.28. The molecule has 1 heterocycles. The highest BCUT2D eigenvalue weighted by Crippen LogP contribution is 2.30. The minimum atomic E-state index is -3.46. The average Bonchev–Trinajstić information content (AvgIpc) is 3.34. The number of carbonyl (C=O) groups is 1. The first-order valence-corrected chi connectivity index (χ1v) is 12.2. The molecule has 1 amide bonds. The Morgan fingerprint density at radius 3 is 2.62 bits per heavy atom. The van der Waals surface area contributed by atoms with E-state index >= 15 is 0 Å². The first-order valence-electron chi connectivity index (χ1n) is 10.6. The Kier molecular flexibility index (Phi) is 6.01. The molecular formula is C23H25FN4O3S. The van der Waals surface area contributed by atoms with Gasteiger partial charge in [-0.25, -0.2) is 17.5 Å². The van der Waals surface area contributed by atoms with Gasteiger partial charge in [-0.2, -0.15) is 5.10 Å². The standard InChI is InChI=1S/C23H25FN4O3S/c1-3-14-32(30,31)27-19-11-7-10-18(15(19)2)25-23(29)22-16-8-6-13-20(16)28(26-22)21-12-5-4-9-17(21)24/h4-5,7,9-12,27H,3,6,8,13-14H2,1-2H3,(H,25,29). The number of fused-ring (bicyclic) bond motifs is 1. The van der Waals surface area contributed by atoms with Crippen LogP contribution in [0.3, 0.4) is 0 Å². The summed E-state index contributed by atoms with van der Waals surface area (Å²) in [6, 6.07) is 11.4. The molecule has 0 radical (unpaired) electrons. The normalized spacial score (nSPS) is 13.1. The highest BCUT2D eigenvalue weighted by atomic mass is 32.2. The third-order valence-corrected chi connectivity index (χ3v) is 7.02. The molecule has 0 saturated heterocycles. The summed E-state index contributed by atoms with van der Waals surface area (Å²) in [6.07, 6.45) is 2.79. The van der Waals surface area contributed by atoms with Crippen LogP contribution in [0, 0.1) is 12.7 Å². The SMILES string of the molecule is CCCS(=O)(=O)Nc1cccc(NC(=O)c2nn(-c3ccccc3F)c3c2CCC3)c1C. The molecule has 0 aliphatic heterocycles. The van der Waals surface area contributed by atoms with Gasteiger partial charge in [-0.05, 0) is 62.4 Å². The summed E-state index contributed by atoms with van der Waals surface area (Å²) in [5.74, 6) is -0.794. The molecule has 0 spiro atoms. The van der Waals surface area contributed by atoms with Gasteiger partial charge in [-0.15, -0.1) is 0 Å². The number of sulfonamides is 1. The number of benzene rings is 2. The second-order valence-corrected chi connectivity index (χ2v) is 9.69. The molecule has 168 valence electrons. The third-order valence-electron chi connectivity index (χ3n) is 5.55. The Labute approximate surface area is 186 Å². The summed E-state index contributed by atoms with van der Waals surface area (Å²) in [5.41, 5.74) is 3.74. The number of anilines is 2. The van der Waals surface area contributed by atoms with Gasteiger partial charge in [0, 0.05) is 16.9 Å². The van der Waals surface area contributed by atoms with Crippen molar-refractivity contribution in [2.75, 3.05) is 15.8 Å². The van der Waals surface area contributed by atoms with E-state index in [9.17, 15) is 17.6 Å². The van der Waals surface area contributed by atoms with Crippen LogP contribution in [0.15, 0.2) is 42.5 Å². The Morgan fingerprint density at radius 1 is 1.12 bits per heavy atom. The van der Waals surface area contributed by atoms with Gasteiger partial charge in [0.25, 0.3) is 5.91 Å². The van der Waals surface area contributed by atoms with Crippen LogP contribution in [-0.2, 0) is 22.9 Å². The summed E-state index contributed by atoms with van der Waals surface area (Å²) in [5, 5.41) is 7.30. The Morgan fingerprint density at radius 2 is 1.88 bits per heavy atom. The maximum absolute atomic E-state index is 14.4. The van der Waals surface area contributed by atoms with Gasteiger partial charge in [0.2, 0.25) is 10.0 Å².